The quantitative estimate of drug-likeness (QED) is 0.190. The van der Waals surface area contributed by atoms with E-state index in [4.69, 9.17) is 0 Å². The molecule has 0 saturated carbocycles. The van der Waals surface area contributed by atoms with Gasteiger partial charge in [-0.2, -0.15) is 12.2 Å². The summed E-state index contributed by atoms with van der Waals surface area (Å²) in [5, 5.41) is 0. The molecule has 8 rings (SSSR count). The molecule has 4 heteroatoms. The fraction of sp³-hybridized carbons (Fsp3) is 0.227. The van der Waals surface area contributed by atoms with E-state index in [1.54, 1.807) is 6.51 Å². The largest absolute Gasteiger partial charge is 1.00 e. The molecule has 0 N–H and O–H groups in total. The molecule has 240 valence electrons. The molecule has 48 heavy (non-hydrogen) atoms. The summed E-state index contributed by atoms with van der Waals surface area (Å²) in [5.41, 5.74) is 16.8. The molecule has 0 radical (unpaired) electrons. The van der Waals surface area contributed by atoms with E-state index in [1.165, 1.54) is 115 Å². The van der Waals surface area contributed by atoms with Crippen LogP contribution in [0.25, 0.3) is 22.3 Å². The molecule has 4 aliphatic rings. The van der Waals surface area contributed by atoms with E-state index < -0.39 is 0 Å². The van der Waals surface area contributed by atoms with Crippen molar-refractivity contribution in [3.8, 4) is 22.3 Å². The third kappa shape index (κ3) is 9.16. The van der Waals surface area contributed by atoms with Crippen molar-refractivity contribution in [1.82, 2.24) is 0 Å². The van der Waals surface area contributed by atoms with Gasteiger partial charge in [0.15, 0.2) is 0 Å². The van der Waals surface area contributed by atoms with Crippen LogP contribution in [0.5, 0.6) is 0 Å². The first kappa shape index (κ1) is 40.3. The van der Waals surface area contributed by atoms with Crippen LogP contribution >= 0.6 is 0 Å². The predicted octanol–water partition coefficient (Wildman–Crippen LogP) is 5.26. The van der Waals surface area contributed by atoms with Gasteiger partial charge in [0.1, 0.15) is 0 Å². The van der Waals surface area contributed by atoms with Crippen LogP contribution in [0.4, 0.5) is 0 Å². The average molecular weight is 999 g/mol. The molecule has 0 spiro atoms. The van der Waals surface area contributed by atoms with Crippen molar-refractivity contribution in [3.63, 3.8) is 0 Å². The van der Waals surface area contributed by atoms with Gasteiger partial charge < -0.3 is 24.8 Å². The summed E-state index contributed by atoms with van der Waals surface area (Å²) in [7, 11) is 0. The molecule has 0 atom stereocenters. The number of halogens is 2. The topological polar surface area (TPSA) is 0 Å². The maximum atomic E-state index is 3.55. The first-order valence-corrected chi connectivity index (χ1v) is 19.7. The summed E-state index contributed by atoms with van der Waals surface area (Å²) in [4.78, 5) is 0. The van der Waals surface area contributed by atoms with E-state index in [-0.39, 0.29) is 24.8 Å². The minimum absolute atomic E-state index is 0. The Morgan fingerprint density at radius 2 is 0.708 bits per heavy atom. The minimum Gasteiger partial charge on any atom is -1.00 e. The number of fused-ring (bicyclic) bond motifs is 6. The predicted molar refractivity (Wildman–Crippen MR) is 190 cm³/mol. The Morgan fingerprint density at radius 1 is 0.479 bits per heavy atom. The normalized spacial score (nSPS) is 14.5. The molecular formula is C44H42Cl2Hf2. The molecule has 0 unspecified atom stereocenters. The molecule has 0 heterocycles. The second-order valence-electron chi connectivity index (χ2n) is 12.6. The van der Waals surface area contributed by atoms with Crippen LogP contribution in [0, 0.1) is 12.2 Å². The maximum absolute atomic E-state index is 3.55. The fourth-order valence-electron chi connectivity index (χ4n) is 6.72. The SMILES string of the molecule is CC1=CC[C-]=C1C1c2ccccc2-c2ccccc21.CC1=CC[C-]=C1C1c2ccccc2-c2ccccc21.C[C](C)=[Hf+2].C[C](C)=[Hf+2].[Cl-].[Cl-]. The Kier molecular flexibility index (Phi) is 15.8. The molecule has 4 aromatic rings. The molecule has 0 aliphatic heterocycles. The van der Waals surface area contributed by atoms with E-state index in [0.717, 1.165) is 12.8 Å². The van der Waals surface area contributed by atoms with Crippen molar-refractivity contribution in [3.05, 3.63) is 166 Å². The monoisotopic (exact) mass is 1000 g/mol. The summed E-state index contributed by atoms with van der Waals surface area (Å²) in [6, 6.07) is 35.1. The Labute approximate surface area is 330 Å². The smallest absolute Gasteiger partial charge is 1.00 e. The van der Waals surface area contributed by atoms with Crippen LogP contribution in [0.3, 0.4) is 0 Å². The van der Waals surface area contributed by atoms with Gasteiger partial charge in [0.05, 0.1) is 0 Å². The van der Waals surface area contributed by atoms with Crippen molar-refractivity contribution in [2.75, 3.05) is 0 Å². The van der Waals surface area contributed by atoms with Gasteiger partial charge >= 0.3 is 82.0 Å². The molecule has 0 saturated heterocycles. The van der Waals surface area contributed by atoms with Crippen molar-refractivity contribution in [2.45, 2.75) is 66.2 Å². The summed E-state index contributed by atoms with van der Waals surface area (Å²) in [6.07, 6.45) is 13.6. The maximum Gasteiger partial charge on any atom is -1.00 e. The average Bonchev–Trinajstić information content (AvgIpc) is 3.80. The Bertz CT molecular complexity index is 1670. The van der Waals surface area contributed by atoms with Crippen LogP contribution < -0.4 is 24.8 Å². The summed E-state index contributed by atoms with van der Waals surface area (Å²) < 4.78 is 3.11. The van der Waals surface area contributed by atoms with Gasteiger partial charge in [-0.15, -0.1) is 26.7 Å². The van der Waals surface area contributed by atoms with Crippen LogP contribution in [-0.2, 0) is 47.8 Å². The number of benzene rings is 4. The fourth-order valence-corrected chi connectivity index (χ4v) is 6.72. The van der Waals surface area contributed by atoms with E-state index in [0.29, 0.717) is 11.8 Å². The summed E-state index contributed by atoms with van der Waals surface area (Å²) in [5.74, 6) is 0.761. The molecule has 4 aliphatic carbocycles. The zero-order valence-corrected chi connectivity index (χ0v) is 37.4. The third-order valence-electron chi connectivity index (χ3n) is 8.50. The molecule has 0 bridgehead atoms. The second kappa shape index (κ2) is 18.8. The molecular weight excluding hydrogens is 956 g/mol. The molecule has 0 fully saturated rings. The van der Waals surface area contributed by atoms with Gasteiger partial charge in [0.2, 0.25) is 0 Å². The zero-order valence-electron chi connectivity index (χ0n) is 28.7. The van der Waals surface area contributed by atoms with Gasteiger partial charge in [-0.05, 0) is 44.5 Å². The van der Waals surface area contributed by atoms with E-state index >= 15 is 0 Å². The zero-order chi connectivity index (χ0) is 32.8. The van der Waals surface area contributed by atoms with Crippen LogP contribution in [0.2, 0.25) is 0 Å². The Hall–Kier alpha value is -2.10. The number of hydrogen-bond acceptors (Lipinski definition) is 0. The number of hydrogen-bond donors (Lipinski definition) is 0. The third-order valence-corrected chi connectivity index (χ3v) is 8.50. The van der Waals surface area contributed by atoms with Gasteiger partial charge in [-0.25, -0.2) is 22.3 Å². The number of allylic oxidation sites excluding steroid dienone is 8. The van der Waals surface area contributed by atoms with Crippen LogP contribution in [-0.4, -0.2) is 6.51 Å². The van der Waals surface area contributed by atoms with E-state index in [9.17, 15) is 0 Å². The summed E-state index contributed by atoms with van der Waals surface area (Å²) >= 11 is 2.53. The Balaban J connectivity index is 0.000000207. The Morgan fingerprint density at radius 3 is 0.917 bits per heavy atom. The van der Waals surface area contributed by atoms with Crippen LogP contribution in [0.1, 0.15) is 88.5 Å². The number of rotatable bonds is 2. The van der Waals surface area contributed by atoms with E-state index in [2.05, 4.69) is 163 Å². The molecule has 0 amide bonds. The van der Waals surface area contributed by atoms with Gasteiger partial charge in [0.25, 0.3) is 0 Å². The first-order valence-electron chi connectivity index (χ1n) is 16.1. The van der Waals surface area contributed by atoms with Gasteiger partial charge in [-0.3, -0.25) is 12.2 Å². The van der Waals surface area contributed by atoms with Crippen molar-refractivity contribution >= 4 is 6.51 Å². The molecule has 0 nitrogen and oxygen atoms in total. The van der Waals surface area contributed by atoms with Crippen molar-refractivity contribution in [1.29, 1.82) is 0 Å². The molecule has 0 aromatic heterocycles. The van der Waals surface area contributed by atoms with Gasteiger partial charge in [-0.1, -0.05) is 97.1 Å². The first-order chi connectivity index (χ1) is 22.2. The van der Waals surface area contributed by atoms with Gasteiger partial charge in [0, 0.05) is 11.8 Å². The second-order valence-corrected chi connectivity index (χ2v) is 19.8. The summed E-state index contributed by atoms with van der Waals surface area (Å²) in [6.45, 7) is 13.0. The van der Waals surface area contributed by atoms with Crippen molar-refractivity contribution < 1.29 is 72.6 Å². The standard InChI is InChI=1S/2C19H15.2C3H6.2ClH.2Hf/c2*1-13-7-6-12-14(13)19-17-10-4-2-8-15(17)16-9-3-5-11-18(16)19;2*1-3-2;;;;/h2*2-5,7-11,19H,6H2,1H3;2*1-2H3;2*1H;;/q2*-1;;;;;2*+2/p-2. The van der Waals surface area contributed by atoms with Crippen LogP contribution in [0.15, 0.2) is 132 Å². The van der Waals surface area contributed by atoms with Crippen molar-refractivity contribution in [2.24, 2.45) is 0 Å². The van der Waals surface area contributed by atoms with E-state index in [1.807, 2.05) is 0 Å². The minimum atomic E-state index is 0. The molecule has 4 aromatic carbocycles.